The second-order valence-electron chi connectivity index (χ2n) is 8.04. The smallest absolute Gasteiger partial charge is 0.118 e. The molecular weight excluding hydrogens is 424 g/mol. The monoisotopic (exact) mass is 450 g/mol. The van der Waals surface area contributed by atoms with Crippen molar-refractivity contribution in [2.24, 2.45) is 0 Å². The predicted molar refractivity (Wildman–Crippen MR) is 118 cm³/mol. The molecule has 2 aliphatic rings. The first-order valence-corrected chi connectivity index (χ1v) is 11.4. The molecule has 0 radical (unpaired) electrons. The molecule has 5 nitrogen and oxygen atoms in total. The Bertz CT molecular complexity index is 903. The molecule has 0 saturated carbocycles. The summed E-state index contributed by atoms with van der Waals surface area (Å²) >= 11 is 8.61. The first-order valence-electron chi connectivity index (χ1n) is 10.2. The molecule has 1 fully saturated rings. The Morgan fingerprint density at radius 1 is 1.23 bits per heavy atom. The van der Waals surface area contributed by atoms with Crippen molar-refractivity contribution in [1.82, 2.24) is 0 Å². The lowest BCUT2D eigenvalue weighted by molar-refractivity contribution is -0.182. The molecule has 0 aromatic heterocycles. The van der Waals surface area contributed by atoms with Crippen LogP contribution in [0.4, 0.5) is 0 Å². The highest BCUT2D eigenvalue weighted by Crippen LogP contribution is 2.48. The van der Waals surface area contributed by atoms with Gasteiger partial charge in [-0.3, -0.25) is 0 Å². The highest BCUT2D eigenvalue weighted by atomic mass is 35.5. The number of methoxy groups -OCH3 is 1. The third-order valence-electron chi connectivity index (χ3n) is 5.87. The van der Waals surface area contributed by atoms with Crippen molar-refractivity contribution in [1.29, 1.82) is 0 Å². The van der Waals surface area contributed by atoms with Crippen LogP contribution in [0.15, 0.2) is 35.2 Å². The maximum atomic E-state index is 10.3. The van der Waals surface area contributed by atoms with E-state index in [1.807, 2.05) is 24.3 Å². The van der Waals surface area contributed by atoms with Crippen molar-refractivity contribution in [3.05, 3.63) is 57.6 Å². The molecule has 4 unspecified atom stereocenters. The minimum atomic E-state index is -1.09. The van der Waals surface area contributed by atoms with Crippen molar-refractivity contribution in [3.63, 3.8) is 0 Å². The van der Waals surface area contributed by atoms with Crippen LogP contribution in [0.5, 0.6) is 5.75 Å². The maximum Gasteiger partial charge on any atom is 0.118 e. The van der Waals surface area contributed by atoms with Gasteiger partial charge in [-0.15, -0.1) is 11.8 Å². The minimum absolute atomic E-state index is 0.280. The second kappa shape index (κ2) is 9.07. The van der Waals surface area contributed by atoms with Crippen LogP contribution in [0.2, 0.25) is 5.02 Å². The van der Waals surface area contributed by atoms with Crippen LogP contribution in [-0.2, 0) is 17.6 Å². The number of ether oxygens (including phenoxy) is 2. The predicted octanol–water partition coefficient (Wildman–Crippen LogP) is 3.52. The van der Waals surface area contributed by atoms with E-state index >= 15 is 0 Å². The zero-order valence-electron chi connectivity index (χ0n) is 17.0. The van der Waals surface area contributed by atoms with Crippen molar-refractivity contribution in [3.8, 4) is 5.75 Å². The Morgan fingerprint density at radius 2 is 1.97 bits per heavy atom. The zero-order valence-corrected chi connectivity index (χ0v) is 18.6. The number of rotatable bonds is 5. The van der Waals surface area contributed by atoms with Crippen LogP contribution in [0.1, 0.15) is 41.7 Å². The Morgan fingerprint density at radius 3 is 2.63 bits per heavy atom. The largest absolute Gasteiger partial charge is 0.497 e. The third-order valence-corrected chi connectivity index (χ3v) is 7.63. The number of hydrogen-bond acceptors (Lipinski definition) is 6. The van der Waals surface area contributed by atoms with Crippen LogP contribution < -0.4 is 4.74 Å². The standard InChI is InChI=1S/C23H27ClO5S/c1-12-7-17-21(24)14(8-13-3-5-15(28-2)6-4-13)9-16(23(17)30-12)19-10-18(26)22(27)20(11-25)29-19/h3-6,9,12,18-20,22,25-27H,7-8,10-11H2,1-2H3/t12?,18?,19?,20?,22-/m0/s1. The van der Waals surface area contributed by atoms with Crippen LogP contribution in [0, 0.1) is 0 Å². The SMILES string of the molecule is COc1ccc(Cc2cc(C3CC(O)[C@H](O)C(CO)O3)c3c(c2Cl)CC(C)S3)cc1. The quantitative estimate of drug-likeness (QED) is 0.646. The van der Waals surface area contributed by atoms with Crippen molar-refractivity contribution < 1.29 is 24.8 Å². The van der Waals surface area contributed by atoms with Gasteiger partial charge in [-0.1, -0.05) is 36.7 Å². The molecule has 0 bridgehead atoms. The van der Waals surface area contributed by atoms with E-state index in [1.54, 1.807) is 18.9 Å². The Kier molecular flexibility index (Phi) is 6.63. The second-order valence-corrected chi connectivity index (χ2v) is 9.87. The summed E-state index contributed by atoms with van der Waals surface area (Å²) in [6.07, 6.45) is -1.41. The Balaban J connectivity index is 1.71. The Labute approximate surface area is 186 Å². The summed E-state index contributed by atoms with van der Waals surface area (Å²) in [6.45, 7) is 1.83. The summed E-state index contributed by atoms with van der Waals surface area (Å²) in [4.78, 5) is 1.11. The van der Waals surface area contributed by atoms with E-state index in [-0.39, 0.29) is 13.0 Å². The van der Waals surface area contributed by atoms with Crippen LogP contribution in [0.25, 0.3) is 0 Å². The van der Waals surface area contributed by atoms with Gasteiger partial charge >= 0.3 is 0 Å². The lowest BCUT2D eigenvalue weighted by atomic mass is 9.90. The highest BCUT2D eigenvalue weighted by Gasteiger charge is 2.39. The van der Waals surface area contributed by atoms with Crippen LogP contribution in [-0.4, -0.2) is 52.6 Å². The van der Waals surface area contributed by atoms with E-state index in [1.165, 1.54) is 0 Å². The number of thioether (sulfide) groups is 1. The van der Waals surface area contributed by atoms with E-state index in [9.17, 15) is 15.3 Å². The number of aliphatic hydroxyl groups excluding tert-OH is 3. The van der Waals surface area contributed by atoms with E-state index in [4.69, 9.17) is 21.1 Å². The van der Waals surface area contributed by atoms with E-state index < -0.39 is 24.4 Å². The van der Waals surface area contributed by atoms with Crippen LogP contribution in [0.3, 0.4) is 0 Å². The lowest BCUT2D eigenvalue weighted by Gasteiger charge is -2.37. The normalized spacial score (nSPS) is 28.4. The molecule has 0 spiro atoms. The fourth-order valence-electron chi connectivity index (χ4n) is 4.27. The molecule has 5 atom stereocenters. The summed E-state index contributed by atoms with van der Waals surface area (Å²) in [5.41, 5.74) is 4.24. The molecule has 2 aromatic rings. The van der Waals surface area contributed by atoms with Gasteiger partial charge in [-0.05, 0) is 47.2 Å². The van der Waals surface area contributed by atoms with Crippen molar-refractivity contribution in [2.45, 2.75) is 60.7 Å². The first kappa shape index (κ1) is 21.9. The van der Waals surface area contributed by atoms with Gasteiger partial charge in [0.1, 0.15) is 18.0 Å². The summed E-state index contributed by atoms with van der Waals surface area (Å²) in [6, 6.07) is 9.99. The van der Waals surface area contributed by atoms with E-state index in [0.29, 0.717) is 11.7 Å². The van der Waals surface area contributed by atoms with Gasteiger partial charge in [-0.2, -0.15) is 0 Å². The average molecular weight is 451 g/mol. The van der Waals surface area contributed by atoms with Gasteiger partial charge in [0.15, 0.2) is 0 Å². The zero-order chi connectivity index (χ0) is 21.4. The number of hydrogen-bond donors (Lipinski definition) is 3. The van der Waals surface area contributed by atoms with E-state index in [0.717, 1.165) is 44.3 Å². The summed E-state index contributed by atoms with van der Waals surface area (Å²) < 4.78 is 11.3. The maximum absolute atomic E-state index is 10.3. The first-order chi connectivity index (χ1) is 14.4. The third kappa shape index (κ3) is 4.22. The molecule has 1 saturated heterocycles. The van der Waals surface area contributed by atoms with Crippen molar-refractivity contribution >= 4 is 23.4 Å². The summed E-state index contributed by atoms with van der Waals surface area (Å²) in [5.74, 6) is 0.808. The highest BCUT2D eigenvalue weighted by molar-refractivity contribution is 8.00. The molecule has 2 aliphatic heterocycles. The summed E-state index contributed by atoms with van der Waals surface area (Å²) in [7, 11) is 1.65. The topological polar surface area (TPSA) is 79.2 Å². The van der Waals surface area contributed by atoms with E-state index in [2.05, 4.69) is 13.0 Å². The lowest BCUT2D eigenvalue weighted by Crippen LogP contribution is -2.47. The van der Waals surface area contributed by atoms with Gasteiger partial charge in [0.2, 0.25) is 0 Å². The Hall–Kier alpha value is -1.28. The van der Waals surface area contributed by atoms with Crippen LogP contribution >= 0.6 is 23.4 Å². The molecule has 0 amide bonds. The van der Waals surface area contributed by atoms with Gasteiger partial charge in [-0.25, -0.2) is 0 Å². The fraction of sp³-hybridized carbons (Fsp3) is 0.478. The van der Waals surface area contributed by atoms with Crippen molar-refractivity contribution in [2.75, 3.05) is 13.7 Å². The molecule has 2 heterocycles. The molecule has 162 valence electrons. The van der Waals surface area contributed by atoms with Gasteiger partial charge in [0.25, 0.3) is 0 Å². The summed E-state index contributed by atoms with van der Waals surface area (Å²) in [5, 5.41) is 31.2. The molecule has 2 aromatic carbocycles. The molecule has 7 heteroatoms. The van der Waals surface area contributed by atoms with Gasteiger partial charge in [0, 0.05) is 21.6 Å². The van der Waals surface area contributed by atoms with Gasteiger partial charge < -0.3 is 24.8 Å². The average Bonchev–Trinajstić information content (AvgIpc) is 3.14. The molecule has 30 heavy (non-hydrogen) atoms. The fourth-order valence-corrected chi connectivity index (χ4v) is 5.93. The number of aliphatic hydroxyl groups is 3. The number of halogens is 1. The molecule has 4 rings (SSSR count). The molecular formula is C23H27ClO5S. The molecule has 0 aliphatic carbocycles. The number of benzene rings is 2. The molecule has 3 N–H and O–H groups in total. The minimum Gasteiger partial charge on any atom is -0.497 e. The van der Waals surface area contributed by atoms with Gasteiger partial charge in [0.05, 0.1) is 25.9 Å². The number of fused-ring (bicyclic) bond motifs is 1.